The van der Waals surface area contributed by atoms with Crippen LogP contribution >= 0.6 is 0 Å². The molecule has 0 fully saturated rings. The van der Waals surface area contributed by atoms with Crippen LogP contribution in [0.15, 0.2) is 114 Å². The topological polar surface area (TPSA) is 39.8 Å². The van der Waals surface area contributed by atoms with Crippen molar-refractivity contribution in [2.24, 2.45) is 0 Å². The molecule has 4 nitrogen and oxygen atoms in total. The molecule has 36 heavy (non-hydrogen) atoms. The predicted octanol–water partition coefficient (Wildman–Crippen LogP) is 6.87. The zero-order valence-electron chi connectivity index (χ0n) is 20.0. The van der Waals surface area contributed by atoms with Gasteiger partial charge in [-0.1, -0.05) is 78.4 Å². The normalized spacial score (nSPS) is 11.6. The van der Waals surface area contributed by atoms with E-state index in [0.717, 1.165) is 28.7 Å². The van der Waals surface area contributed by atoms with Gasteiger partial charge in [0, 0.05) is 29.2 Å². The minimum atomic E-state index is -0.0735. The molecule has 4 aromatic carbocycles. The number of para-hydroxylation sites is 2. The second-order valence-corrected chi connectivity index (χ2v) is 9.01. The molecule has 2 heterocycles. The Labute approximate surface area is 209 Å². The molecule has 0 unspecified atom stereocenters. The molecule has 0 saturated heterocycles. The number of rotatable bonds is 5. The van der Waals surface area contributed by atoms with Crippen molar-refractivity contribution >= 4 is 34.0 Å². The van der Waals surface area contributed by atoms with Gasteiger partial charge in [0.25, 0.3) is 5.56 Å². The molecule has 0 aliphatic rings. The maximum Gasteiger partial charge on any atom is 0.266 e. The third-order valence-electron chi connectivity index (χ3n) is 6.52. The lowest BCUT2D eigenvalue weighted by atomic mass is 10.1. The fourth-order valence-corrected chi connectivity index (χ4v) is 4.69. The fourth-order valence-electron chi connectivity index (χ4n) is 4.69. The van der Waals surface area contributed by atoms with E-state index in [1.807, 2.05) is 67.6 Å². The Morgan fingerprint density at radius 2 is 1.44 bits per heavy atom. The fraction of sp³-hybridized carbons (Fsp3) is 0.0625. The van der Waals surface area contributed by atoms with Crippen LogP contribution in [-0.2, 0) is 6.54 Å². The quantitative estimate of drug-likeness (QED) is 0.278. The largest absolute Gasteiger partial charge is 0.342 e. The van der Waals surface area contributed by atoms with Gasteiger partial charge in [-0.05, 0) is 55.0 Å². The van der Waals surface area contributed by atoms with Crippen LogP contribution in [-0.4, -0.2) is 14.1 Å². The highest BCUT2D eigenvalue weighted by Gasteiger charge is 2.12. The van der Waals surface area contributed by atoms with Gasteiger partial charge in [0.05, 0.1) is 16.6 Å². The molecule has 2 aromatic heterocycles. The second kappa shape index (κ2) is 9.16. The van der Waals surface area contributed by atoms with Crippen molar-refractivity contribution in [1.29, 1.82) is 0 Å². The molecule has 0 spiro atoms. The van der Waals surface area contributed by atoms with Gasteiger partial charge in [0.15, 0.2) is 0 Å². The molecule has 6 rings (SSSR count). The molecule has 0 bridgehead atoms. The zero-order valence-corrected chi connectivity index (χ0v) is 20.0. The highest BCUT2D eigenvalue weighted by Crippen LogP contribution is 2.25. The number of fused-ring (bicyclic) bond motifs is 2. The Bertz CT molecular complexity index is 1770. The summed E-state index contributed by atoms with van der Waals surface area (Å²) in [7, 11) is 0. The molecule has 0 N–H and O–H groups in total. The lowest BCUT2D eigenvalue weighted by molar-refractivity contribution is 0.836. The van der Waals surface area contributed by atoms with Crippen molar-refractivity contribution in [3.8, 4) is 5.69 Å². The van der Waals surface area contributed by atoms with E-state index in [4.69, 9.17) is 4.98 Å². The van der Waals surface area contributed by atoms with Gasteiger partial charge < -0.3 is 4.57 Å². The molecule has 0 aliphatic carbocycles. The van der Waals surface area contributed by atoms with E-state index < -0.39 is 0 Å². The number of hydrogen-bond acceptors (Lipinski definition) is 2. The Morgan fingerprint density at radius 1 is 0.750 bits per heavy atom. The molecule has 174 valence electrons. The number of benzene rings is 4. The van der Waals surface area contributed by atoms with Gasteiger partial charge in [-0.15, -0.1) is 0 Å². The summed E-state index contributed by atoms with van der Waals surface area (Å²) in [6.07, 6.45) is 6.18. The van der Waals surface area contributed by atoms with Crippen molar-refractivity contribution in [1.82, 2.24) is 14.1 Å². The van der Waals surface area contributed by atoms with E-state index in [0.29, 0.717) is 16.7 Å². The highest BCUT2D eigenvalue weighted by atomic mass is 16.1. The van der Waals surface area contributed by atoms with Crippen LogP contribution in [0.1, 0.15) is 22.5 Å². The van der Waals surface area contributed by atoms with Gasteiger partial charge in [-0.2, -0.15) is 0 Å². The molecule has 4 heteroatoms. The Morgan fingerprint density at radius 3 is 2.25 bits per heavy atom. The SMILES string of the molecule is Cc1ccc(-n2c(C=Cc3cn(Cc4ccccc4)c4ccccc34)nc3ccccc3c2=O)cc1. The molecule has 0 atom stereocenters. The summed E-state index contributed by atoms with van der Waals surface area (Å²) in [6.45, 7) is 2.83. The highest BCUT2D eigenvalue weighted by molar-refractivity contribution is 5.92. The van der Waals surface area contributed by atoms with Crippen LogP contribution in [0, 0.1) is 6.92 Å². The number of aromatic nitrogens is 3. The van der Waals surface area contributed by atoms with Crippen LogP contribution in [0.5, 0.6) is 0 Å². The molecule has 0 aliphatic heterocycles. The molecule has 0 amide bonds. The molecule has 0 radical (unpaired) electrons. The number of nitrogens with zero attached hydrogens (tertiary/aromatic N) is 3. The summed E-state index contributed by atoms with van der Waals surface area (Å²) in [4.78, 5) is 18.4. The van der Waals surface area contributed by atoms with E-state index in [2.05, 4.69) is 65.4 Å². The van der Waals surface area contributed by atoms with E-state index in [1.54, 1.807) is 4.57 Å². The van der Waals surface area contributed by atoms with Gasteiger partial charge in [-0.3, -0.25) is 9.36 Å². The first-order valence-electron chi connectivity index (χ1n) is 12.1. The first-order valence-corrected chi connectivity index (χ1v) is 12.1. The molecule has 0 saturated carbocycles. The van der Waals surface area contributed by atoms with Crippen LogP contribution in [0.4, 0.5) is 0 Å². The number of aryl methyl sites for hydroxylation is 1. The second-order valence-electron chi connectivity index (χ2n) is 9.01. The first-order chi connectivity index (χ1) is 17.7. The molecular formula is C32H25N3O. The summed E-state index contributed by atoms with van der Waals surface area (Å²) in [5.74, 6) is 0.599. The average molecular weight is 468 g/mol. The standard InChI is InChI=1S/C32H25N3O/c1-23-15-18-26(19-16-23)35-31(33-29-13-7-5-12-28(29)32(35)36)20-17-25-22-34(21-24-9-3-2-4-10-24)30-14-8-6-11-27(25)30/h2-20,22H,21H2,1H3. The monoisotopic (exact) mass is 467 g/mol. The Balaban J connectivity index is 1.49. The maximum absolute atomic E-state index is 13.6. The first kappa shape index (κ1) is 21.8. The van der Waals surface area contributed by atoms with Crippen LogP contribution in [0.3, 0.4) is 0 Å². The van der Waals surface area contributed by atoms with Crippen LogP contribution in [0.2, 0.25) is 0 Å². The summed E-state index contributed by atoms with van der Waals surface area (Å²) in [6, 6.07) is 34.3. The summed E-state index contributed by atoms with van der Waals surface area (Å²) in [5.41, 5.74) is 6.06. The van der Waals surface area contributed by atoms with Crippen molar-refractivity contribution in [3.05, 3.63) is 142 Å². The van der Waals surface area contributed by atoms with Gasteiger partial charge in [0.2, 0.25) is 0 Å². The predicted molar refractivity (Wildman–Crippen MR) is 148 cm³/mol. The lowest BCUT2D eigenvalue weighted by Crippen LogP contribution is -2.22. The molecular weight excluding hydrogens is 442 g/mol. The maximum atomic E-state index is 13.6. The van der Waals surface area contributed by atoms with E-state index in [9.17, 15) is 4.79 Å². The van der Waals surface area contributed by atoms with Crippen molar-refractivity contribution in [2.75, 3.05) is 0 Å². The van der Waals surface area contributed by atoms with Crippen molar-refractivity contribution < 1.29 is 0 Å². The number of hydrogen-bond donors (Lipinski definition) is 0. The van der Waals surface area contributed by atoms with E-state index in [1.165, 1.54) is 11.1 Å². The lowest BCUT2D eigenvalue weighted by Gasteiger charge is -2.11. The van der Waals surface area contributed by atoms with Crippen LogP contribution in [0.25, 0.3) is 39.6 Å². The minimum Gasteiger partial charge on any atom is -0.342 e. The van der Waals surface area contributed by atoms with Crippen LogP contribution < -0.4 is 5.56 Å². The van der Waals surface area contributed by atoms with Gasteiger partial charge in [-0.25, -0.2) is 4.98 Å². The average Bonchev–Trinajstić information content (AvgIpc) is 3.26. The molecule has 6 aromatic rings. The van der Waals surface area contributed by atoms with Gasteiger partial charge in [0.1, 0.15) is 5.82 Å². The summed E-state index contributed by atoms with van der Waals surface area (Å²) >= 11 is 0. The van der Waals surface area contributed by atoms with Gasteiger partial charge >= 0.3 is 0 Å². The third-order valence-corrected chi connectivity index (χ3v) is 6.52. The third kappa shape index (κ3) is 4.03. The van der Waals surface area contributed by atoms with E-state index in [-0.39, 0.29) is 5.56 Å². The minimum absolute atomic E-state index is 0.0735. The van der Waals surface area contributed by atoms with Crippen molar-refractivity contribution in [2.45, 2.75) is 13.5 Å². The smallest absolute Gasteiger partial charge is 0.266 e. The van der Waals surface area contributed by atoms with E-state index >= 15 is 0 Å². The summed E-state index contributed by atoms with van der Waals surface area (Å²) < 4.78 is 3.96. The Hall–Kier alpha value is -4.70. The summed E-state index contributed by atoms with van der Waals surface area (Å²) in [5, 5.41) is 1.77. The Kier molecular flexibility index (Phi) is 5.55. The van der Waals surface area contributed by atoms with Crippen molar-refractivity contribution in [3.63, 3.8) is 0 Å². The zero-order chi connectivity index (χ0) is 24.5.